The highest BCUT2D eigenvalue weighted by molar-refractivity contribution is 5.97. The first-order valence-electron chi connectivity index (χ1n) is 4.96. The second-order valence-corrected chi connectivity index (χ2v) is 3.67. The minimum Gasteiger partial charge on any atom is -0.396 e. The summed E-state index contributed by atoms with van der Waals surface area (Å²) in [5.74, 6) is 0.403. The lowest BCUT2D eigenvalue weighted by Crippen LogP contribution is -2.29. The quantitative estimate of drug-likeness (QED) is 0.738. The molecule has 0 unspecified atom stereocenters. The Morgan fingerprint density at radius 2 is 2.41 bits per heavy atom. The number of aromatic nitrogens is 5. The third-order valence-electron chi connectivity index (χ3n) is 2.37. The number of carbonyl (C=O) groups is 1. The lowest BCUT2D eigenvalue weighted by molar-refractivity contribution is 0.0772. The van der Waals surface area contributed by atoms with E-state index in [9.17, 15) is 4.79 Å². The molecule has 2 rings (SSSR count). The van der Waals surface area contributed by atoms with Gasteiger partial charge in [0.05, 0.1) is 18.4 Å². The zero-order valence-electron chi connectivity index (χ0n) is 9.58. The van der Waals surface area contributed by atoms with E-state index in [1.807, 2.05) is 0 Å². The molecule has 90 valence electrons. The van der Waals surface area contributed by atoms with Crippen LogP contribution in [0.2, 0.25) is 0 Å². The zero-order chi connectivity index (χ0) is 12.4. The molecule has 8 heteroatoms. The highest BCUT2D eigenvalue weighted by Crippen LogP contribution is 2.12. The molecule has 0 fully saturated rings. The minimum absolute atomic E-state index is 0.209. The first-order valence-corrected chi connectivity index (χ1v) is 4.96. The van der Waals surface area contributed by atoms with Gasteiger partial charge in [-0.05, 0) is 0 Å². The first-order chi connectivity index (χ1) is 8.09. The van der Waals surface area contributed by atoms with Crippen molar-refractivity contribution in [1.29, 1.82) is 0 Å². The Bertz CT molecular complexity index is 496. The Morgan fingerprint density at radius 1 is 1.65 bits per heavy atom. The van der Waals surface area contributed by atoms with E-state index in [1.165, 1.54) is 22.1 Å². The normalized spacial score (nSPS) is 10.5. The van der Waals surface area contributed by atoms with Crippen molar-refractivity contribution >= 4 is 11.6 Å². The lowest BCUT2D eigenvalue weighted by atomic mass is 10.3. The van der Waals surface area contributed by atoms with Gasteiger partial charge in [-0.25, -0.2) is 4.98 Å². The van der Waals surface area contributed by atoms with E-state index in [-0.39, 0.29) is 5.91 Å². The summed E-state index contributed by atoms with van der Waals surface area (Å²) in [4.78, 5) is 17.5. The van der Waals surface area contributed by atoms with Gasteiger partial charge in [-0.1, -0.05) is 0 Å². The number of H-pyrrole nitrogens is 1. The summed E-state index contributed by atoms with van der Waals surface area (Å²) in [7, 11) is 3.34. The van der Waals surface area contributed by atoms with E-state index in [0.717, 1.165) is 0 Å². The number of aromatic amines is 1. The van der Waals surface area contributed by atoms with Crippen molar-refractivity contribution in [3.63, 3.8) is 0 Å². The molecule has 1 amide bonds. The van der Waals surface area contributed by atoms with Crippen LogP contribution < -0.4 is 5.73 Å². The van der Waals surface area contributed by atoms with Crippen LogP contribution >= 0.6 is 0 Å². The van der Waals surface area contributed by atoms with E-state index in [0.29, 0.717) is 23.8 Å². The van der Waals surface area contributed by atoms with Gasteiger partial charge in [0, 0.05) is 14.1 Å². The van der Waals surface area contributed by atoms with Gasteiger partial charge in [0.25, 0.3) is 5.91 Å². The standard InChI is InChI=1S/C9H13N7O/c1-15(4-7-11-5-12-14-7)9(17)8-6(10)3-13-16(8)2/h3,5H,4,10H2,1-2H3,(H,11,12,14). The van der Waals surface area contributed by atoms with Crippen molar-refractivity contribution in [1.82, 2.24) is 29.9 Å². The number of rotatable bonds is 3. The molecule has 2 aromatic rings. The number of nitrogens with zero attached hydrogens (tertiary/aromatic N) is 5. The molecule has 2 aromatic heterocycles. The second-order valence-electron chi connectivity index (χ2n) is 3.67. The van der Waals surface area contributed by atoms with Crippen molar-refractivity contribution in [2.75, 3.05) is 12.8 Å². The summed E-state index contributed by atoms with van der Waals surface area (Å²) < 4.78 is 1.45. The predicted molar refractivity (Wildman–Crippen MR) is 59.8 cm³/mol. The highest BCUT2D eigenvalue weighted by Gasteiger charge is 2.19. The molecular formula is C9H13N7O. The first kappa shape index (κ1) is 11.1. The van der Waals surface area contributed by atoms with Crippen molar-refractivity contribution < 1.29 is 4.79 Å². The summed E-state index contributed by atoms with van der Waals surface area (Å²) in [5, 5.41) is 10.3. The van der Waals surface area contributed by atoms with Crippen molar-refractivity contribution in [3.05, 3.63) is 24.0 Å². The fourth-order valence-electron chi connectivity index (χ4n) is 1.50. The van der Waals surface area contributed by atoms with Crippen LogP contribution in [0.3, 0.4) is 0 Å². The van der Waals surface area contributed by atoms with Gasteiger partial charge in [0.1, 0.15) is 17.8 Å². The van der Waals surface area contributed by atoms with Crippen LogP contribution in [0.15, 0.2) is 12.5 Å². The van der Waals surface area contributed by atoms with Crippen LogP contribution in [0, 0.1) is 0 Å². The highest BCUT2D eigenvalue weighted by atomic mass is 16.2. The van der Waals surface area contributed by atoms with E-state index in [2.05, 4.69) is 20.3 Å². The molecule has 0 saturated heterocycles. The molecule has 8 nitrogen and oxygen atoms in total. The van der Waals surface area contributed by atoms with Gasteiger partial charge < -0.3 is 10.6 Å². The Labute approximate surface area is 97.4 Å². The SMILES string of the molecule is CN(Cc1ncn[nH]1)C(=O)c1c(N)cnn1C. The van der Waals surface area contributed by atoms with Gasteiger partial charge in [0.2, 0.25) is 0 Å². The number of anilines is 1. The number of nitrogens with two attached hydrogens (primary N) is 1. The molecule has 0 aliphatic heterocycles. The van der Waals surface area contributed by atoms with Crippen LogP contribution in [0.4, 0.5) is 5.69 Å². The Balaban J connectivity index is 2.15. The maximum Gasteiger partial charge on any atom is 0.274 e. The summed E-state index contributed by atoms with van der Waals surface area (Å²) >= 11 is 0. The fraction of sp³-hybridized carbons (Fsp3) is 0.333. The summed E-state index contributed by atoms with van der Waals surface area (Å²) in [6.45, 7) is 0.337. The maximum absolute atomic E-state index is 12.1. The van der Waals surface area contributed by atoms with E-state index in [1.54, 1.807) is 14.1 Å². The van der Waals surface area contributed by atoms with Gasteiger partial charge in [-0.15, -0.1) is 0 Å². The molecule has 3 N–H and O–H groups in total. The Morgan fingerprint density at radius 3 is 2.94 bits per heavy atom. The molecule has 2 heterocycles. The molecule has 17 heavy (non-hydrogen) atoms. The fourth-order valence-corrected chi connectivity index (χ4v) is 1.50. The molecule has 0 radical (unpaired) electrons. The van der Waals surface area contributed by atoms with Crippen LogP contribution in [0.1, 0.15) is 16.3 Å². The number of amides is 1. The molecule has 0 spiro atoms. The number of nitrogens with one attached hydrogen (secondary N) is 1. The van der Waals surface area contributed by atoms with Crippen molar-refractivity contribution in [2.45, 2.75) is 6.54 Å². The largest absolute Gasteiger partial charge is 0.396 e. The summed E-state index contributed by atoms with van der Waals surface area (Å²) in [6.07, 6.45) is 2.85. The summed E-state index contributed by atoms with van der Waals surface area (Å²) in [5.41, 5.74) is 6.42. The number of hydrogen-bond donors (Lipinski definition) is 2. The molecule has 0 saturated carbocycles. The topological polar surface area (TPSA) is 106 Å². The van der Waals surface area contributed by atoms with Crippen LogP contribution in [-0.4, -0.2) is 42.8 Å². The third kappa shape index (κ3) is 2.10. The third-order valence-corrected chi connectivity index (χ3v) is 2.37. The summed E-state index contributed by atoms with van der Waals surface area (Å²) in [6, 6.07) is 0. The predicted octanol–water partition coefficient (Wildman–Crippen LogP) is -0.607. The average molecular weight is 235 g/mol. The van der Waals surface area contributed by atoms with Crippen molar-refractivity contribution in [3.8, 4) is 0 Å². The van der Waals surface area contributed by atoms with Crippen molar-refractivity contribution in [2.24, 2.45) is 7.05 Å². The van der Waals surface area contributed by atoms with Gasteiger partial charge in [-0.3, -0.25) is 14.6 Å². The number of aryl methyl sites for hydroxylation is 1. The van der Waals surface area contributed by atoms with E-state index >= 15 is 0 Å². The van der Waals surface area contributed by atoms with Gasteiger partial charge in [-0.2, -0.15) is 10.2 Å². The van der Waals surface area contributed by atoms with E-state index < -0.39 is 0 Å². The molecular weight excluding hydrogens is 222 g/mol. The second kappa shape index (κ2) is 4.24. The number of nitrogen functional groups attached to an aromatic ring is 1. The monoisotopic (exact) mass is 235 g/mol. The molecule has 0 aliphatic carbocycles. The lowest BCUT2D eigenvalue weighted by Gasteiger charge is -2.15. The minimum atomic E-state index is -0.209. The average Bonchev–Trinajstić information content (AvgIpc) is 2.89. The van der Waals surface area contributed by atoms with Crippen LogP contribution in [0.25, 0.3) is 0 Å². The number of hydrogen-bond acceptors (Lipinski definition) is 5. The molecule has 0 atom stereocenters. The maximum atomic E-state index is 12.1. The zero-order valence-corrected chi connectivity index (χ0v) is 9.58. The molecule has 0 bridgehead atoms. The van der Waals surface area contributed by atoms with Crippen LogP contribution in [0.5, 0.6) is 0 Å². The smallest absolute Gasteiger partial charge is 0.274 e. The number of carbonyl (C=O) groups excluding carboxylic acids is 1. The Hall–Kier alpha value is -2.38. The Kier molecular flexibility index (Phi) is 2.77. The van der Waals surface area contributed by atoms with Gasteiger partial charge in [0.15, 0.2) is 0 Å². The van der Waals surface area contributed by atoms with Crippen LogP contribution in [-0.2, 0) is 13.6 Å². The van der Waals surface area contributed by atoms with E-state index in [4.69, 9.17) is 5.73 Å². The molecule has 0 aromatic carbocycles. The molecule has 0 aliphatic rings. The van der Waals surface area contributed by atoms with Gasteiger partial charge >= 0.3 is 0 Å².